The van der Waals surface area contributed by atoms with Gasteiger partial charge in [-0.3, -0.25) is 4.79 Å². The number of carbonyl (C=O) groups excluding carboxylic acids is 1. The quantitative estimate of drug-likeness (QED) is 0.929. The number of hydrogen-bond donors (Lipinski definition) is 1. The second-order valence-corrected chi connectivity index (χ2v) is 6.30. The fourth-order valence-corrected chi connectivity index (χ4v) is 4.14. The predicted octanol–water partition coefficient (Wildman–Crippen LogP) is 2.49. The summed E-state index contributed by atoms with van der Waals surface area (Å²) < 4.78 is 5.51. The van der Waals surface area contributed by atoms with Crippen molar-refractivity contribution in [2.45, 2.75) is 50.5 Å². The third-order valence-electron chi connectivity index (χ3n) is 5.13. The number of methoxy groups -OCH3 is 1. The van der Waals surface area contributed by atoms with E-state index in [2.05, 4.69) is 17.0 Å². The topological polar surface area (TPSA) is 49.8 Å². The van der Waals surface area contributed by atoms with Crippen molar-refractivity contribution in [3.05, 3.63) is 29.3 Å². The molecule has 3 rings (SSSR count). The Kier molecular flexibility index (Phi) is 4.67. The zero-order valence-electron chi connectivity index (χ0n) is 13.3. The summed E-state index contributed by atoms with van der Waals surface area (Å²) in [5.74, 6) is 1.63. The Balaban J connectivity index is 1.84. The van der Waals surface area contributed by atoms with Crippen LogP contribution in [0.5, 0.6) is 5.75 Å². The Morgan fingerprint density at radius 1 is 1.41 bits per heavy atom. The van der Waals surface area contributed by atoms with Crippen molar-refractivity contribution in [2.75, 3.05) is 20.3 Å². The van der Waals surface area contributed by atoms with Crippen LogP contribution >= 0.6 is 0 Å². The first-order valence-corrected chi connectivity index (χ1v) is 8.32. The highest BCUT2D eigenvalue weighted by Crippen LogP contribution is 2.43. The number of rotatable bonds is 4. The zero-order valence-corrected chi connectivity index (χ0v) is 13.3. The lowest BCUT2D eigenvalue weighted by atomic mass is 9.74. The van der Waals surface area contributed by atoms with Crippen LogP contribution in [-0.2, 0) is 11.2 Å². The Bertz CT molecular complexity index is 543. The van der Waals surface area contributed by atoms with Crippen molar-refractivity contribution in [1.29, 1.82) is 0 Å². The molecule has 0 saturated carbocycles. The van der Waals surface area contributed by atoms with Gasteiger partial charge in [0, 0.05) is 31.5 Å². The molecule has 1 saturated heterocycles. The number of carbonyl (C=O) groups is 1. The van der Waals surface area contributed by atoms with E-state index in [0.717, 1.165) is 38.0 Å². The Morgan fingerprint density at radius 3 is 3.05 bits per heavy atom. The number of aliphatic hydroxyl groups excluding tert-OH is 1. The van der Waals surface area contributed by atoms with E-state index >= 15 is 0 Å². The third kappa shape index (κ3) is 2.72. The maximum absolute atomic E-state index is 12.4. The molecular weight excluding hydrogens is 278 g/mol. The van der Waals surface area contributed by atoms with Crippen LogP contribution in [-0.4, -0.2) is 42.2 Å². The van der Waals surface area contributed by atoms with E-state index in [1.165, 1.54) is 11.1 Å². The van der Waals surface area contributed by atoms with E-state index in [-0.39, 0.29) is 12.5 Å². The molecule has 1 aliphatic heterocycles. The van der Waals surface area contributed by atoms with Crippen LogP contribution in [0.3, 0.4) is 0 Å². The Morgan fingerprint density at radius 2 is 2.27 bits per heavy atom. The SMILES string of the molecule is COc1cccc2c1CC[C@H]1[C@H]2CCCN1C(=O)CCCO. The van der Waals surface area contributed by atoms with Gasteiger partial charge in [-0.05, 0) is 49.3 Å². The van der Waals surface area contributed by atoms with E-state index in [1.54, 1.807) is 7.11 Å². The monoisotopic (exact) mass is 303 g/mol. The van der Waals surface area contributed by atoms with Crippen LogP contribution in [0.2, 0.25) is 0 Å². The minimum absolute atomic E-state index is 0.0910. The van der Waals surface area contributed by atoms with Gasteiger partial charge in [-0.2, -0.15) is 0 Å². The highest BCUT2D eigenvalue weighted by atomic mass is 16.5. The number of amides is 1. The van der Waals surface area contributed by atoms with Crippen LogP contribution < -0.4 is 4.74 Å². The number of fused-ring (bicyclic) bond motifs is 3. The minimum Gasteiger partial charge on any atom is -0.496 e. The molecular formula is C18H25NO3. The summed E-state index contributed by atoms with van der Waals surface area (Å²) in [6, 6.07) is 6.62. The molecule has 1 aromatic rings. The van der Waals surface area contributed by atoms with Crippen LogP contribution in [0, 0.1) is 0 Å². The Labute approximate surface area is 132 Å². The van der Waals surface area contributed by atoms with E-state index in [1.807, 2.05) is 6.07 Å². The summed E-state index contributed by atoms with van der Waals surface area (Å²) in [6.07, 6.45) is 5.23. The molecule has 0 aromatic heterocycles. The molecule has 1 fully saturated rings. The fraction of sp³-hybridized carbons (Fsp3) is 0.611. The maximum atomic E-state index is 12.4. The lowest BCUT2D eigenvalue weighted by Gasteiger charge is -2.45. The molecule has 1 aromatic carbocycles. The molecule has 2 aliphatic rings. The van der Waals surface area contributed by atoms with Crippen molar-refractivity contribution in [3.8, 4) is 5.75 Å². The predicted molar refractivity (Wildman–Crippen MR) is 85.1 cm³/mol. The van der Waals surface area contributed by atoms with Crippen molar-refractivity contribution < 1.29 is 14.6 Å². The molecule has 2 atom stereocenters. The first kappa shape index (κ1) is 15.3. The van der Waals surface area contributed by atoms with E-state index in [0.29, 0.717) is 24.8 Å². The number of ether oxygens (including phenoxy) is 1. The second kappa shape index (κ2) is 6.69. The van der Waals surface area contributed by atoms with Gasteiger partial charge in [0.15, 0.2) is 0 Å². The smallest absolute Gasteiger partial charge is 0.222 e. The molecule has 120 valence electrons. The molecule has 0 unspecified atom stereocenters. The maximum Gasteiger partial charge on any atom is 0.222 e. The minimum atomic E-state index is 0.0910. The van der Waals surface area contributed by atoms with Gasteiger partial charge in [0.05, 0.1) is 7.11 Å². The van der Waals surface area contributed by atoms with Gasteiger partial charge in [0.1, 0.15) is 5.75 Å². The first-order valence-electron chi connectivity index (χ1n) is 8.32. The van der Waals surface area contributed by atoms with Crippen LogP contribution in [0.25, 0.3) is 0 Å². The largest absolute Gasteiger partial charge is 0.496 e. The number of nitrogens with zero attached hydrogens (tertiary/aromatic N) is 1. The van der Waals surface area contributed by atoms with E-state index in [9.17, 15) is 4.79 Å². The molecule has 1 N–H and O–H groups in total. The molecule has 4 heteroatoms. The summed E-state index contributed by atoms with van der Waals surface area (Å²) in [5, 5.41) is 8.95. The fourth-order valence-electron chi connectivity index (χ4n) is 4.14. The highest BCUT2D eigenvalue weighted by Gasteiger charge is 2.38. The average Bonchev–Trinajstić information content (AvgIpc) is 2.58. The van der Waals surface area contributed by atoms with Gasteiger partial charge >= 0.3 is 0 Å². The zero-order chi connectivity index (χ0) is 15.5. The van der Waals surface area contributed by atoms with Crippen molar-refractivity contribution in [1.82, 2.24) is 4.90 Å². The molecule has 1 aliphatic carbocycles. The number of aliphatic hydroxyl groups is 1. The lowest BCUT2D eigenvalue weighted by molar-refractivity contribution is -0.136. The molecule has 1 amide bonds. The molecule has 22 heavy (non-hydrogen) atoms. The van der Waals surface area contributed by atoms with Crippen molar-refractivity contribution >= 4 is 5.91 Å². The lowest BCUT2D eigenvalue weighted by Crippen LogP contribution is -2.49. The van der Waals surface area contributed by atoms with E-state index < -0.39 is 0 Å². The number of benzene rings is 1. The molecule has 0 bridgehead atoms. The summed E-state index contributed by atoms with van der Waals surface area (Å²) in [7, 11) is 1.73. The van der Waals surface area contributed by atoms with Crippen molar-refractivity contribution in [3.63, 3.8) is 0 Å². The average molecular weight is 303 g/mol. The normalized spacial score (nSPS) is 23.6. The highest BCUT2D eigenvalue weighted by molar-refractivity contribution is 5.77. The number of piperidine rings is 1. The molecule has 0 radical (unpaired) electrons. The van der Waals surface area contributed by atoms with Crippen LogP contribution in [0.15, 0.2) is 18.2 Å². The summed E-state index contributed by atoms with van der Waals surface area (Å²) in [6.45, 7) is 0.957. The third-order valence-corrected chi connectivity index (χ3v) is 5.13. The van der Waals surface area contributed by atoms with E-state index in [4.69, 9.17) is 9.84 Å². The number of likely N-dealkylation sites (tertiary alicyclic amines) is 1. The molecule has 1 heterocycles. The molecule has 0 spiro atoms. The summed E-state index contributed by atoms with van der Waals surface area (Å²) >= 11 is 0. The Hall–Kier alpha value is -1.55. The summed E-state index contributed by atoms with van der Waals surface area (Å²) in [5.41, 5.74) is 2.70. The van der Waals surface area contributed by atoms with Gasteiger partial charge in [-0.15, -0.1) is 0 Å². The number of hydrogen-bond acceptors (Lipinski definition) is 3. The van der Waals surface area contributed by atoms with Crippen LogP contribution in [0.1, 0.15) is 49.1 Å². The van der Waals surface area contributed by atoms with Gasteiger partial charge in [0.25, 0.3) is 0 Å². The first-order chi connectivity index (χ1) is 10.8. The molecule has 4 nitrogen and oxygen atoms in total. The van der Waals surface area contributed by atoms with Gasteiger partial charge in [0.2, 0.25) is 5.91 Å². The van der Waals surface area contributed by atoms with Gasteiger partial charge < -0.3 is 14.7 Å². The van der Waals surface area contributed by atoms with Gasteiger partial charge in [-0.1, -0.05) is 12.1 Å². The second-order valence-electron chi connectivity index (χ2n) is 6.30. The van der Waals surface area contributed by atoms with Gasteiger partial charge in [-0.25, -0.2) is 0 Å². The standard InChI is InChI=1S/C18H25NO3/c1-22-17-7-2-5-13-14-6-3-11-19(18(21)8-4-12-20)16(14)10-9-15(13)17/h2,5,7,14,16,20H,3-4,6,8-12H2,1H3/t14-,16-/m0/s1. The van der Waals surface area contributed by atoms with Crippen molar-refractivity contribution in [2.24, 2.45) is 0 Å². The van der Waals surface area contributed by atoms with Crippen LogP contribution in [0.4, 0.5) is 0 Å². The summed E-state index contributed by atoms with van der Waals surface area (Å²) in [4.78, 5) is 14.5.